The summed E-state index contributed by atoms with van der Waals surface area (Å²) in [4.78, 5) is 25.8. The number of nitrogens with two attached hydrogens (primary N) is 3. The molecule has 1 amide bonds. The van der Waals surface area contributed by atoms with Gasteiger partial charge in [-0.3, -0.25) is 4.79 Å². The Kier molecular flexibility index (Phi) is 37.3. The zero-order valence-electron chi connectivity index (χ0n) is 32.9. The van der Waals surface area contributed by atoms with Gasteiger partial charge in [0.05, 0.1) is 11.6 Å². The maximum absolute atomic E-state index is 12.0. The van der Waals surface area contributed by atoms with Crippen molar-refractivity contribution in [3.05, 3.63) is 54.1 Å². The lowest BCUT2D eigenvalue weighted by molar-refractivity contribution is -0.134. The van der Waals surface area contributed by atoms with Gasteiger partial charge >= 0.3 is 0 Å². The molecule has 1 heterocycles. The van der Waals surface area contributed by atoms with Crippen LogP contribution in [-0.4, -0.2) is 63.7 Å². The van der Waals surface area contributed by atoms with Crippen LogP contribution in [0.15, 0.2) is 43.0 Å². The highest BCUT2D eigenvalue weighted by Crippen LogP contribution is 2.42. The molecule has 8 nitrogen and oxygen atoms in total. The normalized spacial score (nSPS) is 15.5. The Hall–Kier alpha value is -2.01. The van der Waals surface area contributed by atoms with E-state index in [1.165, 1.54) is 48.1 Å². The Balaban J connectivity index is -0.000000106. The second-order valence-corrected chi connectivity index (χ2v) is 15.8. The monoisotopic (exact) mass is 745 g/mol. The van der Waals surface area contributed by atoms with Crippen molar-refractivity contribution in [3.63, 3.8) is 0 Å². The van der Waals surface area contributed by atoms with E-state index in [9.17, 15) is 9.59 Å². The van der Waals surface area contributed by atoms with Gasteiger partial charge in [0.1, 0.15) is 5.78 Å². The lowest BCUT2D eigenvalue weighted by Crippen LogP contribution is -2.49. The maximum Gasteiger partial charge on any atom is 0.240 e. The fraction of sp³-hybridized carbons (Fsp3) is 0.714. The molecule has 9 heteroatoms. The van der Waals surface area contributed by atoms with Crippen LogP contribution < -0.4 is 17.2 Å². The van der Waals surface area contributed by atoms with Crippen LogP contribution in [0, 0.1) is 11.3 Å². The summed E-state index contributed by atoms with van der Waals surface area (Å²) < 4.78 is 0. The lowest BCUT2D eigenvalue weighted by Gasteiger charge is -2.29. The van der Waals surface area contributed by atoms with E-state index in [2.05, 4.69) is 43.8 Å². The number of thioether (sulfide) groups is 1. The molecule has 1 unspecified atom stereocenters. The lowest BCUT2D eigenvalue weighted by atomic mass is 9.86. The smallest absolute Gasteiger partial charge is 0.240 e. The summed E-state index contributed by atoms with van der Waals surface area (Å²) in [6.45, 7) is 25.8. The van der Waals surface area contributed by atoms with Crippen molar-refractivity contribution in [2.75, 3.05) is 19.6 Å². The van der Waals surface area contributed by atoms with Gasteiger partial charge in [-0.1, -0.05) is 105 Å². The quantitative estimate of drug-likeness (QED) is 0.115. The minimum absolute atomic E-state index is 0. The van der Waals surface area contributed by atoms with Crippen molar-refractivity contribution in [1.82, 2.24) is 4.90 Å². The number of aliphatic hydroxyl groups is 1. The van der Waals surface area contributed by atoms with E-state index in [-0.39, 0.29) is 34.5 Å². The fourth-order valence-corrected chi connectivity index (χ4v) is 5.41. The van der Waals surface area contributed by atoms with Gasteiger partial charge in [-0.25, -0.2) is 0 Å². The summed E-state index contributed by atoms with van der Waals surface area (Å²) in [7, 11) is 0. The van der Waals surface area contributed by atoms with Crippen molar-refractivity contribution >= 4 is 28.4 Å². The van der Waals surface area contributed by atoms with Crippen molar-refractivity contribution < 1.29 is 23.0 Å². The van der Waals surface area contributed by atoms with E-state index in [0.29, 0.717) is 18.2 Å². The van der Waals surface area contributed by atoms with Crippen LogP contribution >= 0.6 is 11.8 Å². The average molecular weight is 745 g/mol. The van der Waals surface area contributed by atoms with Gasteiger partial charge in [0.25, 0.3) is 0 Å². The first kappa shape index (κ1) is 58.3. The first-order chi connectivity index (χ1) is 22.5. The van der Waals surface area contributed by atoms with Crippen molar-refractivity contribution in [1.29, 1.82) is 0 Å². The molecule has 0 aromatic heterocycles. The van der Waals surface area contributed by atoms with Crippen molar-refractivity contribution in [2.24, 2.45) is 28.5 Å². The van der Waals surface area contributed by atoms with E-state index in [4.69, 9.17) is 22.3 Å². The van der Waals surface area contributed by atoms with E-state index >= 15 is 0 Å². The molecule has 0 bridgehead atoms. The second-order valence-electron chi connectivity index (χ2n) is 14.5. The molecule has 2 aliphatic rings. The van der Waals surface area contributed by atoms with Crippen molar-refractivity contribution in [2.45, 2.75) is 165 Å². The van der Waals surface area contributed by atoms with E-state index < -0.39 is 11.6 Å². The van der Waals surface area contributed by atoms with Gasteiger partial charge in [0.2, 0.25) is 5.91 Å². The van der Waals surface area contributed by atoms with Crippen LogP contribution in [0.1, 0.15) is 156 Å². The molecule has 0 radical (unpaired) electrons. The third-order valence-electron chi connectivity index (χ3n) is 7.36. The number of ketones is 1. The van der Waals surface area contributed by atoms with E-state index in [1.54, 1.807) is 27.7 Å². The number of unbranched alkanes of at least 4 members (excludes halogenated alkanes) is 4. The maximum atomic E-state index is 12.0. The first-order valence-corrected chi connectivity index (χ1v) is 19.1. The number of allylic oxidation sites excluding steroid dienone is 1. The molecular weight excluding hydrogens is 657 g/mol. The van der Waals surface area contributed by atoms with E-state index in [1.807, 2.05) is 57.4 Å². The molecule has 2 atom stereocenters. The summed E-state index contributed by atoms with van der Waals surface area (Å²) in [5, 5.41) is 9.39. The number of carbonyl (C=O) groups is 2. The Morgan fingerprint density at radius 1 is 0.980 bits per heavy atom. The molecular formula is C42H88N4O4S. The zero-order valence-corrected chi connectivity index (χ0v) is 33.8. The summed E-state index contributed by atoms with van der Waals surface area (Å²) >= 11 is 2.01. The molecule has 1 saturated carbocycles. The predicted molar refractivity (Wildman–Crippen MR) is 233 cm³/mol. The van der Waals surface area contributed by atoms with Gasteiger partial charge in [-0.15, -0.1) is 18.3 Å². The van der Waals surface area contributed by atoms with E-state index in [0.717, 1.165) is 50.6 Å². The molecule has 1 saturated heterocycles. The van der Waals surface area contributed by atoms with Crippen LogP contribution in [0.25, 0.3) is 4.91 Å². The Bertz CT molecular complexity index is 1040. The highest BCUT2D eigenvalue weighted by Gasteiger charge is 2.33. The molecule has 1 aromatic rings. The highest BCUT2D eigenvalue weighted by atomic mass is 32.2. The Morgan fingerprint density at radius 3 is 1.84 bits per heavy atom. The first-order valence-electron chi connectivity index (χ1n) is 18.2. The Morgan fingerprint density at radius 2 is 1.47 bits per heavy atom. The standard InChI is InChI=1S/C13H17NS.C12H22N2O.C9H19NO.C4H10O.C2H6.2CH4.H2O.2H2/c1-2-13(15-12-7-8-12)11-5-3-10(9-14)4-6-11;1-5-9-6-7-14(8-9)11(15)10(13)12(2,3)4;1-9(11)7-5-3-2-4-6-8-10;1-4(2,3)5;1-2;;;;;/h2-6,12H,7-9,14H2,1H3;5,9-10H,1,6-8,13H2,2-4H3;2-8,10H2,1H3;5H,1-3H3;1-2H3;2*1H4;1H2;2*1H/b13-2+;;;;;;;;;/t;9-,10?;;;;;;;;/m.1......../s1. The number of nitrogens with zero attached hydrogens (tertiary/aromatic N) is 1. The fourth-order valence-electron chi connectivity index (χ4n) is 4.27. The van der Waals surface area contributed by atoms with Gasteiger partial charge in [0.15, 0.2) is 0 Å². The highest BCUT2D eigenvalue weighted by molar-refractivity contribution is 8.09. The van der Waals surface area contributed by atoms with Crippen molar-refractivity contribution in [3.8, 4) is 0 Å². The molecule has 2 fully saturated rings. The van der Waals surface area contributed by atoms with Crippen LogP contribution in [0.5, 0.6) is 0 Å². The van der Waals surface area contributed by atoms with Crippen LogP contribution in [-0.2, 0) is 16.1 Å². The minimum atomic E-state index is -0.500. The zero-order chi connectivity index (χ0) is 37.3. The number of rotatable bonds is 13. The van der Waals surface area contributed by atoms with Crippen LogP contribution in [0.3, 0.4) is 0 Å². The summed E-state index contributed by atoms with van der Waals surface area (Å²) in [6, 6.07) is 8.18. The number of amides is 1. The Labute approximate surface area is 323 Å². The van der Waals surface area contributed by atoms with Gasteiger partial charge < -0.3 is 37.5 Å². The van der Waals surface area contributed by atoms with Gasteiger partial charge in [-0.05, 0) is 95.7 Å². The molecule has 3 rings (SSSR count). The number of benzene rings is 1. The predicted octanol–water partition coefficient (Wildman–Crippen LogP) is 9.41. The van der Waals surface area contributed by atoms with Gasteiger partial charge in [-0.2, -0.15) is 0 Å². The molecule has 9 N–H and O–H groups in total. The third kappa shape index (κ3) is 32.4. The largest absolute Gasteiger partial charge is 0.412 e. The third-order valence-corrected chi connectivity index (χ3v) is 8.89. The molecule has 306 valence electrons. The SMILES string of the molecule is C.C.C/C=C(/SC1CC1)c1ccc(CN)cc1.C=C[C@@H]1CCN(C(=O)C(N)C(C)(C)C)C1.CC.CC(=O)CCCCCCCN.CC(C)(C)O.O.[HH].[HH]. The number of carbonyl (C=O) groups excluding carboxylic acids is 2. The summed E-state index contributed by atoms with van der Waals surface area (Å²) in [6.07, 6.45) is 14.5. The molecule has 1 aliphatic heterocycles. The average Bonchev–Trinajstić information content (AvgIpc) is 3.73. The number of likely N-dealkylation sites (tertiary alicyclic amines) is 1. The molecule has 51 heavy (non-hydrogen) atoms. The number of hydrogen-bond donors (Lipinski definition) is 4. The van der Waals surface area contributed by atoms with Gasteiger partial charge in [0, 0.05) is 39.1 Å². The molecule has 0 spiro atoms. The number of hydrogen-bond acceptors (Lipinski definition) is 7. The number of Topliss-reactive ketones (excluding diaryl/α,β-unsaturated/α-hetero) is 1. The molecule has 1 aromatic carbocycles. The molecule has 1 aliphatic carbocycles. The summed E-state index contributed by atoms with van der Waals surface area (Å²) in [5.41, 5.74) is 18.7. The van der Waals surface area contributed by atoms with Crippen LogP contribution in [0.4, 0.5) is 0 Å². The topological polar surface area (TPSA) is 167 Å². The van der Waals surface area contributed by atoms with Crippen LogP contribution in [0.2, 0.25) is 0 Å². The second kappa shape index (κ2) is 32.6. The summed E-state index contributed by atoms with van der Waals surface area (Å²) in [5.74, 6) is 0.830. The minimum Gasteiger partial charge on any atom is -0.412 e.